The van der Waals surface area contributed by atoms with Gasteiger partial charge in [0.05, 0.1) is 0 Å². The molecule has 0 fully saturated rings. The predicted octanol–water partition coefficient (Wildman–Crippen LogP) is 3.67. The number of hydrogen-bond acceptors (Lipinski definition) is 2. The maximum Gasteiger partial charge on any atom is 0.293 e. The summed E-state index contributed by atoms with van der Waals surface area (Å²) < 4.78 is 4.70. The van der Waals surface area contributed by atoms with Gasteiger partial charge >= 0.3 is 0 Å². The first-order chi connectivity index (χ1) is 7.31. The molecule has 0 aliphatic heterocycles. The van der Waals surface area contributed by atoms with Crippen molar-refractivity contribution >= 4 is 6.47 Å². The Bertz CT molecular complexity index is 155. The molecule has 87 valence electrons. The first-order valence-electron chi connectivity index (χ1n) is 5.84. The van der Waals surface area contributed by atoms with Crippen molar-refractivity contribution in [3.63, 3.8) is 0 Å². The normalized spacial score (nSPS) is 12.1. The Hall–Kier alpha value is -0.790. The van der Waals surface area contributed by atoms with Crippen LogP contribution in [0.25, 0.3) is 0 Å². The molecule has 0 spiro atoms. The predicted molar refractivity (Wildman–Crippen MR) is 63.4 cm³/mol. The minimum atomic E-state index is -0.164. The van der Waals surface area contributed by atoms with Gasteiger partial charge in [-0.15, -0.1) is 6.58 Å². The van der Waals surface area contributed by atoms with Crippen molar-refractivity contribution in [1.29, 1.82) is 0 Å². The molecule has 1 radical (unpaired) electrons. The molecule has 2 nitrogen and oxygen atoms in total. The van der Waals surface area contributed by atoms with E-state index in [2.05, 4.69) is 13.5 Å². The summed E-state index contributed by atoms with van der Waals surface area (Å²) in [5, 5.41) is 0. The highest BCUT2D eigenvalue weighted by Crippen LogP contribution is 2.10. The van der Waals surface area contributed by atoms with Gasteiger partial charge in [0.25, 0.3) is 6.47 Å². The molecule has 0 saturated carbocycles. The van der Waals surface area contributed by atoms with E-state index in [1.54, 1.807) is 0 Å². The Morgan fingerprint density at radius 2 is 1.67 bits per heavy atom. The van der Waals surface area contributed by atoms with Crippen molar-refractivity contribution in [1.82, 2.24) is 0 Å². The lowest BCUT2D eigenvalue weighted by Crippen LogP contribution is -2.06. The smallest absolute Gasteiger partial charge is 0.293 e. The standard InChI is InChI=1S/C13H23O2/c1-3-4-5-6-7-8-9-10-11-13(2)15-12-14/h3,12-13H,1-2,4-11H2/t13-/m1/s1. The van der Waals surface area contributed by atoms with Crippen LogP contribution in [0.15, 0.2) is 12.7 Å². The highest BCUT2D eigenvalue weighted by atomic mass is 16.5. The van der Waals surface area contributed by atoms with Gasteiger partial charge in [0.2, 0.25) is 0 Å². The molecule has 0 heterocycles. The molecule has 0 bridgehead atoms. The first-order valence-corrected chi connectivity index (χ1v) is 5.84. The Balaban J connectivity index is 3.04. The lowest BCUT2D eigenvalue weighted by Gasteiger charge is -2.08. The van der Waals surface area contributed by atoms with Crippen LogP contribution < -0.4 is 0 Å². The van der Waals surface area contributed by atoms with E-state index in [1.165, 1.54) is 32.1 Å². The number of allylic oxidation sites excluding steroid dienone is 1. The quantitative estimate of drug-likeness (QED) is 0.296. The minimum Gasteiger partial charge on any atom is -0.465 e. The average Bonchev–Trinajstić information content (AvgIpc) is 2.22. The molecule has 0 aromatic carbocycles. The SMILES string of the molecule is [CH2][C@H](CCCCCCCCC=C)OC=O. The third-order valence-corrected chi connectivity index (χ3v) is 2.43. The summed E-state index contributed by atoms with van der Waals surface area (Å²) in [5.74, 6) is 0. The van der Waals surface area contributed by atoms with Crippen LogP contribution in [0.4, 0.5) is 0 Å². The van der Waals surface area contributed by atoms with E-state index in [0.29, 0.717) is 6.47 Å². The van der Waals surface area contributed by atoms with Crippen LogP contribution in [-0.4, -0.2) is 12.6 Å². The van der Waals surface area contributed by atoms with E-state index in [1.807, 2.05) is 6.08 Å². The molecule has 0 aliphatic rings. The van der Waals surface area contributed by atoms with Crippen LogP contribution in [0.2, 0.25) is 0 Å². The second kappa shape index (κ2) is 11.3. The van der Waals surface area contributed by atoms with Gasteiger partial charge in [0, 0.05) is 0 Å². The molecule has 1 atom stereocenters. The van der Waals surface area contributed by atoms with E-state index in [4.69, 9.17) is 4.74 Å². The van der Waals surface area contributed by atoms with Crippen LogP contribution in [-0.2, 0) is 9.53 Å². The summed E-state index contributed by atoms with van der Waals surface area (Å²) in [6.45, 7) is 7.90. The lowest BCUT2D eigenvalue weighted by molar-refractivity contribution is -0.131. The number of carbonyl (C=O) groups excluding carboxylic acids is 1. The third-order valence-electron chi connectivity index (χ3n) is 2.43. The fourth-order valence-electron chi connectivity index (χ4n) is 1.51. The zero-order chi connectivity index (χ0) is 11.4. The van der Waals surface area contributed by atoms with E-state index >= 15 is 0 Å². The van der Waals surface area contributed by atoms with Gasteiger partial charge in [-0.2, -0.15) is 0 Å². The van der Waals surface area contributed by atoms with Crippen LogP contribution in [0.1, 0.15) is 51.4 Å². The van der Waals surface area contributed by atoms with Gasteiger partial charge in [-0.1, -0.05) is 31.8 Å². The molecule has 0 amide bonds. The van der Waals surface area contributed by atoms with Crippen LogP contribution in [0, 0.1) is 6.92 Å². The number of carbonyl (C=O) groups is 1. The van der Waals surface area contributed by atoms with Crippen molar-refractivity contribution in [2.75, 3.05) is 0 Å². The van der Waals surface area contributed by atoms with Crippen molar-refractivity contribution in [3.05, 3.63) is 19.6 Å². The van der Waals surface area contributed by atoms with Gasteiger partial charge in [-0.05, 0) is 32.6 Å². The number of rotatable bonds is 11. The fraction of sp³-hybridized carbons (Fsp3) is 0.692. The largest absolute Gasteiger partial charge is 0.465 e. The number of hydrogen-bond donors (Lipinski definition) is 0. The van der Waals surface area contributed by atoms with Crippen LogP contribution >= 0.6 is 0 Å². The van der Waals surface area contributed by atoms with E-state index < -0.39 is 0 Å². The first kappa shape index (κ1) is 14.2. The van der Waals surface area contributed by atoms with Crippen LogP contribution in [0.3, 0.4) is 0 Å². The van der Waals surface area contributed by atoms with Crippen molar-refractivity contribution < 1.29 is 9.53 Å². The van der Waals surface area contributed by atoms with Gasteiger partial charge in [0.15, 0.2) is 0 Å². The second-order valence-corrected chi connectivity index (χ2v) is 3.84. The molecule has 0 unspecified atom stereocenters. The molecule has 0 rings (SSSR count). The highest BCUT2D eigenvalue weighted by molar-refractivity contribution is 5.37. The summed E-state index contributed by atoms with van der Waals surface area (Å²) >= 11 is 0. The molecule has 0 aromatic rings. The van der Waals surface area contributed by atoms with Crippen molar-refractivity contribution in [2.24, 2.45) is 0 Å². The molecule has 2 heteroatoms. The van der Waals surface area contributed by atoms with Crippen molar-refractivity contribution in [3.8, 4) is 0 Å². The topological polar surface area (TPSA) is 26.3 Å². The average molecular weight is 211 g/mol. The Morgan fingerprint density at radius 1 is 1.07 bits per heavy atom. The van der Waals surface area contributed by atoms with Crippen molar-refractivity contribution in [2.45, 2.75) is 57.5 Å². The molecule has 0 aliphatic carbocycles. The lowest BCUT2D eigenvalue weighted by atomic mass is 10.1. The van der Waals surface area contributed by atoms with Crippen LogP contribution in [0.5, 0.6) is 0 Å². The highest BCUT2D eigenvalue weighted by Gasteiger charge is 2.00. The zero-order valence-electron chi connectivity index (χ0n) is 9.62. The van der Waals surface area contributed by atoms with Gasteiger partial charge in [-0.25, -0.2) is 0 Å². The summed E-state index contributed by atoms with van der Waals surface area (Å²) in [6, 6.07) is 0. The fourth-order valence-corrected chi connectivity index (χ4v) is 1.51. The molecule has 15 heavy (non-hydrogen) atoms. The van der Waals surface area contributed by atoms with Gasteiger partial charge < -0.3 is 4.74 Å². The Morgan fingerprint density at radius 3 is 2.27 bits per heavy atom. The summed E-state index contributed by atoms with van der Waals surface area (Å²) in [6.07, 6.45) is 11.3. The molecule has 0 aromatic heterocycles. The maximum atomic E-state index is 9.98. The summed E-state index contributed by atoms with van der Waals surface area (Å²) in [5.41, 5.74) is 0. The Kier molecular flexibility index (Phi) is 10.7. The molecule has 0 saturated heterocycles. The number of unbranched alkanes of at least 4 members (excludes halogenated alkanes) is 6. The number of ether oxygens (including phenoxy) is 1. The maximum absolute atomic E-state index is 9.98. The van der Waals surface area contributed by atoms with E-state index in [-0.39, 0.29) is 6.10 Å². The third kappa shape index (κ3) is 11.1. The molecular formula is C13H23O2. The molecule has 0 N–H and O–H groups in total. The monoisotopic (exact) mass is 211 g/mol. The summed E-state index contributed by atoms with van der Waals surface area (Å²) in [7, 11) is 0. The molecular weight excluding hydrogens is 188 g/mol. The van der Waals surface area contributed by atoms with Gasteiger partial charge in [-0.3, -0.25) is 4.79 Å². The zero-order valence-corrected chi connectivity index (χ0v) is 9.62. The summed E-state index contributed by atoms with van der Waals surface area (Å²) in [4.78, 5) is 9.98. The minimum absolute atomic E-state index is 0.164. The Labute approximate surface area is 93.7 Å². The second-order valence-electron chi connectivity index (χ2n) is 3.84. The van der Waals surface area contributed by atoms with E-state index in [0.717, 1.165) is 19.3 Å². The van der Waals surface area contributed by atoms with E-state index in [9.17, 15) is 4.79 Å². The van der Waals surface area contributed by atoms with Gasteiger partial charge in [0.1, 0.15) is 6.10 Å².